The number of rotatable bonds is 3. The summed E-state index contributed by atoms with van der Waals surface area (Å²) in [7, 11) is 0. The molecule has 0 amide bonds. The van der Waals surface area contributed by atoms with Crippen LogP contribution in [0.4, 0.5) is 0 Å². The van der Waals surface area contributed by atoms with E-state index >= 15 is 0 Å². The molecule has 1 aliphatic rings. The summed E-state index contributed by atoms with van der Waals surface area (Å²) in [6, 6.07) is 0.439. The number of piperidine rings is 1. The fourth-order valence-corrected chi connectivity index (χ4v) is 3.65. The molecule has 0 bridgehead atoms. The van der Waals surface area contributed by atoms with Crippen LogP contribution in [-0.4, -0.2) is 29.5 Å². The molecule has 17 heavy (non-hydrogen) atoms. The van der Waals surface area contributed by atoms with E-state index in [9.17, 15) is 0 Å². The Morgan fingerprint density at radius 3 is 2.88 bits per heavy atom. The summed E-state index contributed by atoms with van der Waals surface area (Å²) in [5, 5.41) is 1.18. The molecule has 2 N–H and O–H groups in total. The maximum Gasteiger partial charge on any atom is 0.0900 e. The first-order valence-electron chi connectivity index (χ1n) is 6.50. The van der Waals surface area contributed by atoms with Crippen molar-refractivity contribution in [3.8, 4) is 0 Å². The molecule has 4 heteroatoms. The van der Waals surface area contributed by atoms with Crippen LogP contribution in [0.2, 0.25) is 0 Å². The van der Waals surface area contributed by atoms with E-state index in [1.165, 1.54) is 35.0 Å². The molecule has 1 saturated heterocycles. The predicted octanol–water partition coefficient (Wildman–Crippen LogP) is 2.49. The summed E-state index contributed by atoms with van der Waals surface area (Å²) in [6.45, 7) is 9.69. The third-order valence-electron chi connectivity index (χ3n) is 3.77. The molecule has 2 unspecified atom stereocenters. The highest BCUT2D eigenvalue weighted by molar-refractivity contribution is 7.11. The first-order valence-corrected chi connectivity index (χ1v) is 7.31. The highest BCUT2D eigenvalue weighted by Gasteiger charge is 2.25. The second-order valence-electron chi connectivity index (χ2n) is 5.09. The Bertz CT molecular complexity index is 375. The van der Waals surface area contributed by atoms with Crippen molar-refractivity contribution in [3.05, 3.63) is 15.6 Å². The normalized spacial score (nSPS) is 23.9. The molecule has 0 aromatic carbocycles. The Kier molecular flexibility index (Phi) is 4.17. The Labute approximate surface area is 108 Å². The van der Waals surface area contributed by atoms with Gasteiger partial charge in [0.2, 0.25) is 0 Å². The van der Waals surface area contributed by atoms with E-state index in [0.29, 0.717) is 12.0 Å². The average Bonchev–Trinajstić information content (AvgIpc) is 2.67. The van der Waals surface area contributed by atoms with E-state index in [1.807, 2.05) is 0 Å². The summed E-state index contributed by atoms with van der Waals surface area (Å²) in [4.78, 5) is 8.59. The number of hydrogen-bond donors (Lipinski definition) is 1. The van der Waals surface area contributed by atoms with Gasteiger partial charge in [-0.25, -0.2) is 4.98 Å². The van der Waals surface area contributed by atoms with Gasteiger partial charge in [0.25, 0.3) is 0 Å². The highest BCUT2D eigenvalue weighted by Crippen LogP contribution is 2.29. The fraction of sp³-hybridized carbons (Fsp3) is 0.769. The van der Waals surface area contributed by atoms with Crippen LogP contribution in [0, 0.1) is 19.8 Å². The molecule has 1 aliphatic heterocycles. The standard InChI is InChI=1S/C13H23N3S/c1-9(13-10(2)17-11(3)15-13)16-6-4-5-12(7-14)8-16/h9,12H,4-8,14H2,1-3H3. The van der Waals surface area contributed by atoms with Gasteiger partial charge < -0.3 is 5.73 Å². The Balaban J connectivity index is 2.08. The largest absolute Gasteiger partial charge is 0.330 e. The number of nitrogens with two attached hydrogens (primary N) is 1. The lowest BCUT2D eigenvalue weighted by molar-refractivity contribution is 0.132. The van der Waals surface area contributed by atoms with Crippen LogP contribution in [0.5, 0.6) is 0 Å². The van der Waals surface area contributed by atoms with Crippen molar-refractivity contribution in [1.82, 2.24) is 9.88 Å². The number of hydrogen-bond acceptors (Lipinski definition) is 4. The molecule has 1 fully saturated rings. The van der Waals surface area contributed by atoms with Crippen LogP contribution < -0.4 is 5.73 Å². The summed E-state index contributed by atoms with van der Waals surface area (Å²) >= 11 is 1.81. The van der Waals surface area contributed by atoms with Gasteiger partial charge in [-0.15, -0.1) is 11.3 Å². The molecule has 3 nitrogen and oxygen atoms in total. The van der Waals surface area contributed by atoms with Gasteiger partial charge in [0.15, 0.2) is 0 Å². The van der Waals surface area contributed by atoms with Gasteiger partial charge in [-0.05, 0) is 52.6 Å². The van der Waals surface area contributed by atoms with Gasteiger partial charge in [0.05, 0.1) is 16.7 Å². The molecule has 0 radical (unpaired) electrons. The van der Waals surface area contributed by atoms with Gasteiger partial charge in [-0.2, -0.15) is 0 Å². The fourth-order valence-electron chi connectivity index (χ4n) is 2.75. The van der Waals surface area contributed by atoms with E-state index in [-0.39, 0.29) is 0 Å². The molecular formula is C13H23N3S. The number of thiazole rings is 1. The third kappa shape index (κ3) is 2.87. The van der Waals surface area contributed by atoms with Crippen LogP contribution in [-0.2, 0) is 0 Å². The monoisotopic (exact) mass is 253 g/mol. The van der Waals surface area contributed by atoms with E-state index in [0.717, 1.165) is 13.1 Å². The van der Waals surface area contributed by atoms with Crippen molar-refractivity contribution >= 4 is 11.3 Å². The van der Waals surface area contributed by atoms with Crippen molar-refractivity contribution < 1.29 is 0 Å². The lowest BCUT2D eigenvalue weighted by Gasteiger charge is -2.36. The van der Waals surface area contributed by atoms with Crippen molar-refractivity contribution in [1.29, 1.82) is 0 Å². The summed E-state index contributed by atoms with van der Waals surface area (Å²) in [5.74, 6) is 0.672. The zero-order valence-corrected chi connectivity index (χ0v) is 11.9. The van der Waals surface area contributed by atoms with E-state index in [2.05, 4.69) is 30.7 Å². The van der Waals surface area contributed by atoms with Gasteiger partial charge >= 0.3 is 0 Å². The van der Waals surface area contributed by atoms with E-state index < -0.39 is 0 Å². The zero-order chi connectivity index (χ0) is 12.4. The van der Waals surface area contributed by atoms with E-state index in [4.69, 9.17) is 5.73 Å². The number of nitrogens with zero attached hydrogens (tertiary/aromatic N) is 2. The molecule has 96 valence electrons. The minimum Gasteiger partial charge on any atom is -0.330 e. The van der Waals surface area contributed by atoms with Crippen LogP contribution in [0.1, 0.15) is 41.4 Å². The quantitative estimate of drug-likeness (QED) is 0.900. The van der Waals surface area contributed by atoms with Crippen LogP contribution in [0.3, 0.4) is 0 Å². The summed E-state index contributed by atoms with van der Waals surface area (Å²) in [5.41, 5.74) is 7.07. The lowest BCUT2D eigenvalue weighted by Crippen LogP contribution is -2.40. The molecule has 2 atom stereocenters. The van der Waals surface area contributed by atoms with Crippen molar-refractivity contribution in [2.24, 2.45) is 11.7 Å². The van der Waals surface area contributed by atoms with Crippen molar-refractivity contribution in [2.45, 2.75) is 39.7 Å². The summed E-state index contributed by atoms with van der Waals surface area (Å²) in [6.07, 6.45) is 2.56. The lowest BCUT2D eigenvalue weighted by atomic mass is 9.96. The average molecular weight is 253 g/mol. The Hall–Kier alpha value is -0.450. The second kappa shape index (κ2) is 5.46. The maximum atomic E-state index is 5.80. The van der Waals surface area contributed by atoms with Gasteiger partial charge in [0.1, 0.15) is 0 Å². The Morgan fingerprint density at radius 2 is 2.29 bits per heavy atom. The maximum absolute atomic E-state index is 5.80. The first-order chi connectivity index (χ1) is 8.11. The third-order valence-corrected chi connectivity index (χ3v) is 4.67. The smallest absolute Gasteiger partial charge is 0.0900 e. The van der Waals surface area contributed by atoms with Crippen molar-refractivity contribution in [3.63, 3.8) is 0 Å². The highest BCUT2D eigenvalue weighted by atomic mass is 32.1. The molecule has 2 heterocycles. The predicted molar refractivity (Wildman–Crippen MR) is 73.4 cm³/mol. The molecule has 1 aromatic rings. The topological polar surface area (TPSA) is 42.2 Å². The summed E-state index contributed by atoms with van der Waals surface area (Å²) < 4.78 is 0. The Morgan fingerprint density at radius 1 is 1.53 bits per heavy atom. The van der Waals surface area contributed by atoms with Crippen LogP contribution in [0.25, 0.3) is 0 Å². The molecule has 1 aromatic heterocycles. The second-order valence-corrected chi connectivity index (χ2v) is 6.50. The zero-order valence-electron chi connectivity index (χ0n) is 11.1. The minimum atomic E-state index is 0.439. The molecular weight excluding hydrogens is 230 g/mol. The van der Waals surface area contributed by atoms with E-state index in [1.54, 1.807) is 11.3 Å². The molecule has 0 spiro atoms. The van der Waals surface area contributed by atoms with Gasteiger partial charge in [-0.1, -0.05) is 0 Å². The molecule has 0 saturated carbocycles. The first kappa shape index (κ1) is 13.0. The van der Waals surface area contributed by atoms with Gasteiger partial charge in [0, 0.05) is 11.4 Å². The minimum absolute atomic E-state index is 0.439. The number of likely N-dealkylation sites (tertiary alicyclic amines) is 1. The van der Waals surface area contributed by atoms with Crippen molar-refractivity contribution in [2.75, 3.05) is 19.6 Å². The number of aromatic nitrogens is 1. The molecule has 2 rings (SSSR count). The van der Waals surface area contributed by atoms with Gasteiger partial charge in [-0.3, -0.25) is 4.90 Å². The number of aryl methyl sites for hydroxylation is 2. The molecule has 0 aliphatic carbocycles. The van der Waals surface area contributed by atoms with Crippen LogP contribution >= 0.6 is 11.3 Å². The SMILES string of the molecule is Cc1nc(C(C)N2CCCC(CN)C2)c(C)s1. The van der Waals surface area contributed by atoms with Crippen LogP contribution in [0.15, 0.2) is 0 Å².